The van der Waals surface area contributed by atoms with Crippen molar-refractivity contribution in [2.75, 3.05) is 19.5 Å². The molecule has 30 heavy (non-hydrogen) atoms. The highest BCUT2D eigenvalue weighted by Gasteiger charge is 2.38. The van der Waals surface area contributed by atoms with E-state index < -0.39 is 34.7 Å². The summed E-state index contributed by atoms with van der Waals surface area (Å²) in [5.41, 5.74) is -0.897. The fraction of sp³-hybridized carbons (Fsp3) is 0.412. The number of ether oxygens (including phenoxy) is 2. The van der Waals surface area contributed by atoms with Crippen molar-refractivity contribution in [3.05, 3.63) is 32.4 Å². The lowest BCUT2D eigenvalue weighted by Gasteiger charge is -2.07. The Morgan fingerprint density at radius 2 is 1.77 bits per heavy atom. The minimum Gasteiger partial charge on any atom is -0.465 e. The minimum absolute atomic E-state index is 0.00563. The molecule has 0 atom stereocenters. The summed E-state index contributed by atoms with van der Waals surface area (Å²) in [6, 6.07) is 0. The number of carbonyl (C=O) groups excluding carboxylic acids is 3. The van der Waals surface area contributed by atoms with Gasteiger partial charge in [0.1, 0.15) is 9.88 Å². The van der Waals surface area contributed by atoms with E-state index in [-0.39, 0.29) is 39.7 Å². The molecule has 0 unspecified atom stereocenters. The lowest BCUT2D eigenvalue weighted by atomic mass is 10.1. The molecule has 0 aromatic carbocycles. The molecule has 0 saturated heterocycles. The van der Waals surface area contributed by atoms with Crippen molar-refractivity contribution in [1.29, 1.82) is 0 Å². The maximum absolute atomic E-state index is 12.9. The van der Waals surface area contributed by atoms with E-state index in [1.165, 1.54) is 21.0 Å². The van der Waals surface area contributed by atoms with Crippen LogP contribution < -0.4 is 5.32 Å². The van der Waals surface area contributed by atoms with Crippen LogP contribution >= 0.6 is 22.9 Å². The van der Waals surface area contributed by atoms with E-state index in [0.717, 1.165) is 23.1 Å². The number of nitrogens with one attached hydrogen (secondary N) is 1. The number of hydrogen-bond acceptors (Lipinski definition) is 7. The van der Waals surface area contributed by atoms with Crippen molar-refractivity contribution in [3.63, 3.8) is 0 Å². The molecule has 1 amide bonds. The monoisotopic (exact) mass is 467 g/mol. The third-order valence-electron chi connectivity index (χ3n) is 4.11. The van der Waals surface area contributed by atoms with Gasteiger partial charge in [0.2, 0.25) is 5.91 Å². The fourth-order valence-corrected chi connectivity index (χ4v) is 3.93. The third-order valence-corrected chi connectivity index (χ3v) is 5.75. The molecular formula is C17H17ClF3N3O5S. The first kappa shape index (κ1) is 23.7. The van der Waals surface area contributed by atoms with Crippen LogP contribution in [-0.4, -0.2) is 41.8 Å². The normalized spacial score (nSPS) is 11.3. The average molecular weight is 468 g/mol. The summed E-state index contributed by atoms with van der Waals surface area (Å²) in [6.07, 6.45) is -4.98. The zero-order chi connectivity index (χ0) is 22.8. The number of thiophene rings is 1. The zero-order valence-corrected chi connectivity index (χ0v) is 17.8. The van der Waals surface area contributed by atoms with Crippen molar-refractivity contribution in [3.8, 4) is 0 Å². The molecule has 0 radical (unpaired) electrons. The topological polar surface area (TPSA) is 99.5 Å². The van der Waals surface area contributed by atoms with Crippen LogP contribution in [0.4, 0.5) is 18.2 Å². The fourth-order valence-electron chi connectivity index (χ4n) is 2.56. The Hall–Kier alpha value is -2.60. The first-order valence-electron chi connectivity index (χ1n) is 8.32. The number of nitrogens with zero attached hydrogens (tertiary/aromatic N) is 2. The van der Waals surface area contributed by atoms with Crippen LogP contribution in [-0.2, 0) is 27.0 Å². The number of amides is 1. The molecule has 0 aliphatic carbocycles. The lowest BCUT2D eigenvalue weighted by Crippen LogP contribution is -2.17. The van der Waals surface area contributed by atoms with E-state index >= 15 is 0 Å². The molecule has 0 bridgehead atoms. The van der Waals surface area contributed by atoms with E-state index in [1.54, 1.807) is 0 Å². The number of hydrogen-bond donors (Lipinski definition) is 1. The molecule has 2 aromatic heterocycles. The van der Waals surface area contributed by atoms with E-state index in [0.29, 0.717) is 0 Å². The molecule has 2 aromatic rings. The van der Waals surface area contributed by atoms with Gasteiger partial charge in [-0.25, -0.2) is 9.59 Å². The molecular weight excluding hydrogens is 451 g/mol. The average Bonchev–Trinajstić information content (AvgIpc) is 3.15. The number of esters is 2. The van der Waals surface area contributed by atoms with E-state index in [1.807, 2.05) is 0 Å². The number of carbonyl (C=O) groups is 3. The molecule has 0 aliphatic heterocycles. The third kappa shape index (κ3) is 4.75. The zero-order valence-electron chi connectivity index (χ0n) is 16.3. The van der Waals surface area contributed by atoms with E-state index in [9.17, 15) is 27.6 Å². The highest BCUT2D eigenvalue weighted by molar-refractivity contribution is 7.18. The van der Waals surface area contributed by atoms with Gasteiger partial charge in [-0.3, -0.25) is 9.48 Å². The predicted molar refractivity (Wildman–Crippen MR) is 102 cm³/mol. The van der Waals surface area contributed by atoms with E-state index in [2.05, 4.69) is 19.9 Å². The number of halogens is 4. The smallest absolute Gasteiger partial charge is 0.436 e. The van der Waals surface area contributed by atoms with Gasteiger partial charge < -0.3 is 14.8 Å². The van der Waals surface area contributed by atoms with Crippen LogP contribution in [0, 0.1) is 13.8 Å². The highest BCUT2D eigenvalue weighted by Crippen LogP contribution is 2.36. The van der Waals surface area contributed by atoms with Gasteiger partial charge in [-0.15, -0.1) is 11.3 Å². The van der Waals surface area contributed by atoms with Crippen molar-refractivity contribution < 1.29 is 37.0 Å². The molecule has 13 heteroatoms. The second kappa shape index (κ2) is 9.04. The second-order valence-corrected chi connectivity index (χ2v) is 7.41. The van der Waals surface area contributed by atoms with Crippen LogP contribution in [0.15, 0.2) is 0 Å². The highest BCUT2D eigenvalue weighted by atomic mass is 35.5. The number of methoxy groups -OCH3 is 2. The summed E-state index contributed by atoms with van der Waals surface area (Å²) in [5, 5.41) is 5.43. The van der Waals surface area contributed by atoms with E-state index in [4.69, 9.17) is 11.6 Å². The molecule has 1 N–H and O–H groups in total. The lowest BCUT2D eigenvalue weighted by molar-refractivity contribution is -0.141. The molecule has 0 saturated carbocycles. The maximum Gasteiger partial charge on any atom is 0.436 e. The van der Waals surface area contributed by atoms with Gasteiger partial charge in [-0.05, 0) is 19.4 Å². The van der Waals surface area contributed by atoms with Crippen molar-refractivity contribution in [2.45, 2.75) is 33.0 Å². The van der Waals surface area contributed by atoms with Gasteiger partial charge in [0.25, 0.3) is 0 Å². The van der Waals surface area contributed by atoms with Gasteiger partial charge in [0.05, 0.1) is 37.0 Å². The Kier molecular flexibility index (Phi) is 7.14. The summed E-state index contributed by atoms with van der Waals surface area (Å²) in [4.78, 5) is 36.4. The molecule has 0 fully saturated rings. The van der Waals surface area contributed by atoms with Gasteiger partial charge >= 0.3 is 18.1 Å². The summed E-state index contributed by atoms with van der Waals surface area (Å²) in [5.74, 6) is -2.07. The molecule has 2 heterocycles. The minimum atomic E-state index is -4.72. The SMILES string of the molecule is COC(=O)c1sc(NC(=O)CCn2nc(C(F)(F)F)c(Cl)c2C)c(C(=O)OC)c1C. The van der Waals surface area contributed by atoms with Gasteiger partial charge in [0, 0.05) is 6.42 Å². The molecule has 2 rings (SSSR count). The van der Waals surface area contributed by atoms with Crippen LogP contribution in [0.25, 0.3) is 0 Å². The Morgan fingerprint density at radius 3 is 2.27 bits per heavy atom. The number of anilines is 1. The Morgan fingerprint density at radius 1 is 1.17 bits per heavy atom. The van der Waals surface area contributed by atoms with Gasteiger partial charge in [-0.2, -0.15) is 18.3 Å². The largest absolute Gasteiger partial charge is 0.465 e. The molecule has 0 aliphatic rings. The summed E-state index contributed by atoms with van der Waals surface area (Å²) in [6.45, 7) is 2.66. The maximum atomic E-state index is 12.9. The van der Waals surface area contributed by atoms with Crippen molar-refractivity contribution >= 4 is 45.8 Å². The number of aryl methyl sites for hydroxylation is 1. The van der Waals surface area contributed by atoms with Crippen LogP contribution in [0.3, 0.4) is 0 Å². The van der Waals surface area contributed by atoms with Crippen LogP contribution in [0.2, 0.25) is 5.02 Å². The summed E-state index contributed by atoms with van der Waals surface area (Å²) < 4.78 is 49.0. The quantitative estimate of drug-likeness (QED) is 0.648. The summed E-state index contributed by atoms with van der Waals surface area (Å²) >= 11 is 6.51. The number of aromatic nitrogens is 2. The Bertz CT molecular complexity index is 1000. The Balaban J connectivity index is 2.21. The molecule has 164 valence electrons. The first-order valence-corrected chi connectivity index (χ1v) is 9.51. The summed E-state index contributed by atoms with van der Waals surface area (Å²) in [7, 11) is 2.32. The van der Waals surface area contributed by atoms with Crippen molar-refractivity contribution in [2.24, 2.45) is 0 Å². The standard InChI is InChI=1S/C17H17ClF3N3O5S/c1-7-10(15(26)28-3)14(30-12(7)16(27)29-4)22-9(25)5-6-24-8(2)11(18)13(23-24)17(19,20)21/h5-6H2,1-4H3,(H,22,25). The number of alkyl halides is 3. The predicted octanol–water partition coefficient (Wildman–Crippen LogP) is 3.84. The van der Waals surface area contributed by atoms with Crippen LogP contribution in [0.5, 0.6) is 0 Å². The van der Waals surface area contributed by atoms with Gasteiger partial charge in [-0.1, -0.05) is 11.6 Å². The molecule has 0 spiro atoms. The second-order valence-electron chi connectivity index (χ2n) is 6.01. The number of rotatable bonds is 6. The van der Waals surface area contributed by atoms with Gasteiger partial charge in [0.15, 0.2) is 5.69 Å². The van der Waals surface area contributed by atoms with Crippen molar-refractivity contribution in [1.82, 2.24) is 9.78 Å². The van der Waals surface area contributed by atoms with Crippen LogP contribution in [0.1, 0.15) is 43.4 Å². The first-order chi connectivity index (χ1) is 13.9. The molecule has 8 nitrogen and oxygen atoms in total. The Labute approximate surface area is 177 Å².